The predicted octanol–water partition coefficient (Wildman–Crippen LogP) is -0.283. The first-order chi connectivity index (χ1) is 12.5. The maximum absolute atomic E-state index is 12.8. The summed E-state index contributed by atoms with van der Waals surface area (Å²) in [7, 11) is 0. The topological polar surface area (TPSA) is 166 Å². The third-order valence-electron chi connectivity index (χ3n) is 4.24. The van der Waals surface area contributed by atoms with Crippen LogP contribution in [-0.2, 0) is 19.9 Å². The Kier molecular flexibility index (Phi) is 5.48. The number of nitrogen functional groups attached to an aromatic ring is 1. The molecule has 1 aliphatic heterocycles. The van der Waals surface area contributed by atoms with Gasteiger partial charge in [0, 0.05) is 11.6 Å². The molecular weight excluding hydrogens is 354 g/mol. The fraction of sp³-hybridized carbons (Fsp3) is 0.353. The zero-order valence-electron chi connectivity index (χ0n) is 14.9. The van der Waals surface area contributed by atoms with Gasteiger partial charge >= 0.3 is 12.0 Å². The van der Waals surface area contributed by atoms with Crippen molar-refractivity contribution < 1.29 is 24.3 Å². The van der Waals surface area contributed by atoms with Crippen LogP contribution >= 0.6 is 0 Å². The molecule has 1 aromatic carbocycles. The molecule has 27 heavy (non-hydrogen) atoms. The molecule has 1 aliphatic rings. The minimum absolute atomic E-state index is 0.123. The summed E-state index contributed by atoms with van der Waals surface area (Å²) in [6.07, 6.45) is -0.272. The van der Waals surface area contributed by atoms with Gasteiger partial charge in [0.1, 0.15) is 17.9 Å². The van der Waals surface area contributed by atoms with Crippen LogP contribution in [0.25, 0.3) is 0 Å². The van der Waals surface area contributed by atoms with E-state index in [4.69, 9.17) is 16.2 Å². The number of carbonyl (C=O) groups is 4. The van der Waals surface area contributed by atoms with Crippen molar-refractivity contribution in [3.8, 4) is 0 Å². The van der Waals surface area contributed by atoms with Crippen LogP contribution in [0.5, 0.6) is 0 Å². The van der Waals surface area contributed by atoms with Crippen LogP contribution in [0, 0.1) is 5.41 Å². The lowest BCUT2D eigenvalue weighted by Gasteiger charge is -2.22. The SMILES string of the molecule is CC(CC(=O)O)NC(=O)CN1C(=O)NC(C)(c2ccc(C(=N)N)cc2)C1=O. The van der Waals surface area contributed by atoms with E-state index in [9.17, 15) is 19.2 Å². The van der Waals surface area contributed by atoms with E-state index in [0.29, 0.717) is 11.1 Å². The number of amidine groups is 1. The number of nitrogens with one attached hydrogen (secondary N) is 3. The molecule has 2 unspecified atom stereocenters. The molecule has 4 amide bonds. The minimum atomic E-state index is -1.36. The van der Waals surface area contributed by atoms with Crippen molar-refractivity contribution in [1.82, 2.24) is 15.5 Å². The van der Waals surface area contributed by atoms with Gasteiger partial charge in [-0.1, -0.05) is 24.3 Å². The number of nitrogens with zero attached hydrogens (tertiary/aromatic N) is 1. The summed E-state index contributed by atoms with van der Waals surface area (Å²) >= 11 is 0. The molecule has 0 radical (unpaired) electrons. The Hall–Kier alpha value is -3.43. The van der Waals surface area contributed by atoms with Crippen molar-refractivity contribution >= 4 is 29.7 Å². The monoisotopic (exact) mass is 375 g/mol. The van der Waals surface area contributed by atoms with Crippen LogP contribution in [0.2, 0.25) is 0 Å². The van der Waals surface area contributed by atoms with Crippen molar-refractivity contribution in [3.63, 3.8) is 0 Å². The average molecular weight is 375 g/mol. The van der Waals surface area contributed by atoms with Crippen LogP contribution < -0.4 is 16.4 Å². The first-order valence-electron chi connectivity index (χ1n) is 8.14. The molecule has 6 N–H and O–H groups in total. The molecule has 144 valence electrons. The van der Waals surface area contributed by atoms with Gasteiger partial charge in [-0.3, -0.25) is 24.7 Å². The van der Waals surface area contributed by atoms with Gasteiger partial charge in [0.15, 0.2) is 0 Å². The highest BCUT2D eigenvalue weighted by Gasteiger charge is 2.49. The zero-order valence-corrected chi connectivity index (χ0v) is 14.9. The second-order valence-electron chi connectivity index (χ2n) is 6.50. The number of nitrogens with two attached hydrogens (primary N) is 1. The number of amides is 4. The number of imide groups is 1. The van der Waals surface area contributed by atoms with E-state index in [0.717, 1.165) is 4.90 Å². The standard InChI is InChI=1S/C17H21N5O5/c1-9(7-13(24)25)20-12(23)8-22-15(26)17(2,21-16(22)27)11-5-3-10(4-6-11)14(18)19/h3-6,9H,7-8H2,1-2H3,(H3,18,19)(H,20,23)(H,21,27)(H,24,25). The van der Waals surface area contributed by atoms with E-state index in [1.807, 2.05) is 0 Å². The molecule has 1 fully saturated rings. The van der Waals surface area contributed by atoms with Gasteiger partial charge in [0.05, 0.1) is 6.42 Å². The van der Waals surface area contributed by atoms with Crippen LogP contribution in [0.4, 0.5) is 4.79 Å². The maximum Gasteiger partial charge on any atom is 0.325 e. The third-order valence-corrected chi connectivity index (χ3v) is 4.24. The molecule has 0 bridgehead atoms. The van der Waals surface area contributed by atoms with E-state index < -0.39 is 41.9 Å². The second kappa shape index (κ2) is 7.44. The zero-order chi connectivity index (χ0) is 20.4. The first-order valence-corrected chi connectivity index (χ1v) is 8.14. The van der Waals surface area contributed by atoms with Crippen molar-refractivity contribution in [2.75, 3.05) is 6.54 Å². The maximum atomic E-state index is 12.8. The Morgan fingerprint density at radius 2 is 1.93 bits per heavy atom. The number of benzene rings is 1. The number of carbonyl (C=O) groups excluding carboxylic acids is 3. The number of urea groups is 1. The van der Waals surface area contributed by atoms with Crippen molar-refractivity contribution in [2.45, 2.75) is 31.8 Å². The summed E-state index contributed by atoms with van der Waals surface area (Å²) < 4.78 is 0. The number of rotatable bonds is 7. The van der Waals surface area contributed by atoms with Crippen molar-refractivity contribution in [2.24, 2.45) is 5.73 Å². The highest BCUT2D eigenvalue weighted by molar-refractivity contribution is 6.09. The van der Waals surface area contributed by atoms with Crippen LogP contribution in [-0.4, -0.2) is 52.2 Å². The quantitative estimate of drug-likeness (QED) is 0.250. The first kappa shape index (κ1) is 19.9. The summed E-state index contributed by atoms with van der Waals surface area (Å²) in [5, 5.41) is 21.1. The van der Waals surface area contributed by atoms with Gasteiger partial charge < -0.3 is 21.5 Å². The van der Waals surface area contributed by atoms with E-state index >= 15 is 0 Å². The lowest BCUT2D eigenvalue weighted by Crippen LogP contribution is -2.45. The molecule has 2 rings (SSSR count). The lowest BCUT2D eigenvalue weighted by atomic mass is 9.91. The fourth-order valence-corrected chi connectivity index (χ4v) is 2.80. The number of carboxylic acid groups (broad SMARTS) is 1. The Morgan fingerprint density at radius 3 is 2.44 bits per heavy atom. The summed E-state index contributed by atoms with van der Waals surface area (Å²) in [5.41, 5.74) is 5.00. The molecule has 0 saturated carbocycles. The molecule has 2 atom stereocenters. The number of hydrogen-bond acceptors (Lipinski definition) is 5. The largest absolute Gasteiger partial charge is 0.481 e. The molecule has 0 aromatic heterocycles. The van der Waals surface area contributed by atoms with Crippen molar-refractivity contribution in [3.05, 3.63) is 35.4 Å². The van der Waals surface area contributed by atoms with Crippen LogP contribution in [0.3, 0.4) is 0 Å². The van der Waals surface area contributed by atoms with Crippen LogP contribution in [0.1, 0.15) is 31.4 Å². The van der Waals surface area contributed by atoms with Gasteiger partial charge in [-0.25, -0.2) is 4.79 Å². The van der Waals surface area contributed by atoms with Gasteiger partial charge in [-0.2, -0.15) is 0 Å². The van der Waals surface area contributed by atoms with E-state index in [2.05, 4.69) is 10.6 Å². The average Bonchev–Trinajstić information content (AvgIpc) is 2.78. The molecule has 0 spiro atoms. The minimum Gasteiger partial charge on any atom is -0.481 e. The molecule has 1 saturated heterocycles. The van der Waals surface area contributed by atoms with Crippen molar-refractivity contribution in [1.29, 1.82) is 5.41 Å². The van der Waals surface area contributed by atoms with Crippen LogP contribution in [0.15, 0.2) is 24.3 Å². The van der Waals surface area contributed by atoms with Gasteiger partial charge in [-0.15, -0.1) is 0 Å². The molecular formula is C17H21N5O5. The molecule has 10 nitrogen and oxygen atoms in total. The fourth-order valence-electron chi connectivity index (χ4n) is 2.80. The van der Waals surface area contributed by atoms with Gasteiger partial charge in [0.25, 0.3) is 5.91 Å². The van der Waals surface area contributed by atoms with E-state index in [1.54, 1.807) is 24.3 Å². The van der Waals surface area contributed by atoms with Gasteiger partial charge in [0.2, 0.25) is 5.91 Å². The molecule has 1 heterocycles. The highest BCUT2D eigenvalue weighted by atomic mass is 16.4. The second-order valence-corrected chi connectivity index (χ2v) is 6.50. The molecule has 10 heteroatoms. The number of carboxylic acids is 1. The van der Waals surface area contributed by atoms with Gasteiger partial charge in [-0.05, 0) is 19.4 Å². The summed E-state index contributed by atoms with van der Waals surface area (Å²) in [6.45, 7) is 2.51. The summed E-state index contributed by atoms with van der Waals surface area (Å²) in [5.74, 6) is -2.44. The highest BCUT2D eigenvalue weighted by Crippen LogP contribution is 2.28. The summed E-state index contributed by atoms with van der Waals surface area (Å²) in [6, 6.07) is 4.91. The lowest BCUT2D eigenvalue weighted by molar-refractivity contribution is -0.138. The predicted molar refractivity (Wildman–Crippen MR) is 94.9 cm³/mol. The Labute approximate surface area is 155 Å². The Bertz CT molecular complexity index is 806. The summed E-state index contributed by atoms with van der Waals surface area (Å²) in [4.78, 5) is 48.4. The molecule has 0 aliphatic carbocycles. The normalized spacial score (nSPS) is 20.1. The van der Waals surface area contributed by atoms with E-state index in [1.165, 1.54) is 13.8 Å². The number of aliphatic carboxylic acids is 1. The smallest absolute Gasteiger partial charge is 0.325 e. The molecule has 1 aromatic rings. The number of hydrogen-bond donors (Lipinski definition) is 5. The third kappa shape index (κ3) is 4.22. The Morgan fingerprint density at radius 1 is 1.33 bits per heavy atom. The van der Waals surface area contributed by atoms with E-state index in [-0.39, 0.29) is 12.3 Å². The Balaban J connectivity index is 2.12.